The molecule has 1 rings (SSSR count). The van der Waals surface area contributed by atoms with Crippen LogP contribution in [0.4, 0.5) is 14.9 Å². The molecule has 0 radical (unpaired) electrons. The zero-order valence-corrected chi connectivity index (χ0v) is 10.9. The Morgan fingerprint density at radius 2 is 2.11 bits per heavy atom. The van der Waals surface area contributed by atoms with Crippen molar-refractivity contribution in [2.75, 3.05) is 11.9 Å². The smallest absolute Gasteiger partial charge is 0.412 e. The van der Waals surface area contributed by atoms with Gasteiger partial charge in [0.2, 0.25) is 0 Å². The van der Waals surface area contributed by atoms with Gasteiger partial charge in [0.15, 0.2) is 0 Å². The lowest BCUT2D eigenvalue weighted by Gasteiger charge is -2.19. The number of carbonyl (C=O) groups excluding carboxylic acids is 1. The molecule has 1 aromatic rings. The number of nitrogens with one attached hydrogen (secondary N) is 1. The number of hydrogen-bond donors (Lipinski definition) is 2. The molecule has 0 aliphatic carbocycles. The predicted octanol–water partition coefficient (Wildman–Crippen LogP) is 2.67. The Kier molecular flexibility index (Phi) is 4.67. The van der Waals surface area contributed by atoms with E-state index >= 15 is 0 Å². The summed E-state index contributed by atoms with van der Waals surface area (Å²) in [7, 11) is 0. The van der Waals surface area contributed by atoms with Crippen molar-refractivity contribution in [1.29, 1.82) is 0 Å². The van der Waals surface area contributed by atoms with Crippen LogP contribution in [0.15, 0.2) is 18.2 Å². The fraction of sp³-hybridized carbons (Fsp3) is 0.462. The first-order valence-corrected chi connectivity index (χ1v) is 5.80. The van der Waals surface area contributed by atoms with E-state index in [1.165, 1.54) is 12.1 Å². The van der Waals surface area contributed by atoms with Crippen molar-refractivity contribution >= 4 is 11.8 Å². The molecule has 0 heterocycles. The van der Waals surface area contributed by atoms with E-state index in [-0.39, 0.29) is 5.82 Å². The minimum Gasteiger partial charge on any atom is -0.444 e. The number of amides is 1. The van der Waals surface area contributed by atoms with Crippen molar-refractivity contribution in [3.63, 3.8) is 0 Å². The van der Waals surface area contributed by atoms with Gasteiger partial charge in [-0.25, -0.2) is 9.18 Å². The zero-order chi connectivity index (χ0) is 13.8. The van der Waals surface area contributed by atoms with Crippen LogP contribution in [-0.4, -0.2) is 18.2 Å². The average Bonchev–Trinajstić information content (AvgIpc) is 2.20. The van der Waals surface area contributed by atoms with Crippen LogP contribution >= 0.6 is 0 Å². The third-order valence-corrected chi connectivity index (χ3v) is 2.10. The molecule has 0 spiro atoms. The lowest BCUT2D eigenvalue weighted by molar-refractivity contribution is 0.0636. The van der Waals surface area contributed by atoms with Crippen molar-refractivity contribution in [1.82, 2.24) is 0 Å². The van der Waals surface area contributed by atoms with Crippen LogP contribution < -0.4 is 11.1 Å². The van der Waals surface area contributed by atoms with Gasteiger partial charge in [-0.05, 0) is 57.5 Å². The van der Waals surface area contributed by atoms with Gasteiger partial charge in [-0.2, -0.15) is 0 Å². The van der Waals surface area contributed by atoms with Crippen molar-refractivity contribution < 1.29 is 13.9 Å². The molecule has 0 aliphatic rings. The highest BCUT2D eigenvalue weighted by molar-refractivity contribution is 5.84. The second kappa shape index (κ2) is 5.82. The Morgan fingerprint density at radius 3 is 2.67 bits per heavy atom. The summed E-state index contributed by atoms with van der Waals surface area (Å²) in [4.78, 5) is 11.5. The maximum absolute atomic E-state index is 13.4. The van der Waals surface area contributed by atoms with Gasteiger partial charge in [-0.15, -0.1) is 0 Å². The highest BCUT2D eigenvalue weighted by atomic mass is 19.1. The summed E-state index contributed by atoms with van der Waals surface area (Å²) in [6.45, 7) is 5.68. The van der Waals surface area contributed by atoms with Gasteiger partial charge in [0, 0.05) is 5.69 Å². The van der Waals surface area contributed by atoms with E-state index in [4.69, 9.17) is 10.5 Å². The Morgan fingerprint density at radius 1 is 1.44 bits per heavy atom. The number of anilines is 1. The molecule has 1 aromatic carbocycles. The van der Waals surface area contributed by atoms with E-state index in [1.807, 2.05) is 0 Å². The molecule has 0 aliphatic heterocycles. The summed E-state index contributed by atoms with van der Waals surface area (Å²) in [5.74, 6) is -0.324. The average molecular weight is 254 g/mol. The van der Waals surface area contributed by atoms with E-state index in [2.05, 4.69) is 5.32 Å². The third kappa shape index (κ3) is 4.71. The van der Waals surface area contributed by atoms with Crippen LogP contribution in [0.1, 0.15) is 26.3 Å². The molecule has 0 fully saturated rings. The van der Waals surface area contributed by atoms with Crippen LogP contribution in [0.3, 0.4) is 0 Å². The Bertz CT molecular complexity index is 427. The number of benzene rings is 1. The van der Waals surface area contributed by atoms with Gasteiger partial charge < -0.3 is 10.5 Å². The summed E-state index contributed by atoms with van der Waals surface area (Å²) >= 11 is 0. The van der Waals surface area contributed by atoms with Gasteiger partial charge in [-0.3, -0.25) is 5.32 Å². The summed E-state index contributed by atoms with van der Waals surface area (Å²) in [5.41, 5.74) is 5.79. The molecule has 0 saturated carbocycles. The van der Waals surface area contributed by atoms with Gasteiger partial charge in [0.25, 0.3) is 0 Å². The van der Waals surface area contributed by atoms with Crippen LogP contribution in [0.5, 0.6) is 0 Å². The number of ether oxygens (including phenoxy) is 1. The molecule has 0 unspecified atom stereocenters. The summed E-state index contributed by atoms with van der Waals surface area (Å²) in [6, 6.07) is 4.35. The molecule has 100 valence electrons. The summed E-state index contributed by atoms with van der Waals surface area (Å²) in [6.07, 6.45) is -0.136. The first-order chi connectivity index (χ1) is 8.31. The SMILES string of the molecule is CC(C)(C)OC(=O)Nc1ccc(F)c(CCN)c1. The molecule has 1 amide bonds. The van der Waals surface area contributed by atoms with Crippen molar-refractivity contribution in [3.8, 4) is 0 Å². The van der Waals surface area contributed by atoms with Crippen molar-refractivity contribution in [3.05, 3.63) is 29.6 Å². The first kappa shape index (κ1) is 14.4. The fourth-order valence-electron chi connectivity index (χ4n) is 1.42. The maximum atomic E-state index is 13.4. The molecule has 0 aromatic heterocycles. The van der Waals surface area contributed by atoms with E-state index in [0.717, 1.165) is 0 Å². The minimum atomic E-state index is -0.565. The fourth-order valence-corrected chi connectivity index (χ4v) is 1.42. The number of halogens is 1. The number of rotatable bonds is 3. The van der Waals surface area contributed by atoms with Crippen LogP contribution in [0.25, 0.3) is 0 Å². The Hall–Kier alpha value is -1.62. The van der Waals surface area contributed by atoms with Crippen molar-refractivity contribution in [2.45, 2.75) is 32.8 Å². The Balaban J connectivity index is 2.73. The van der Waals surface area contributed by atoms with Gasteiger partial charge in [0.1, 0.15) is 11.4 Å². The number of carbonyl (C=O) groups is 1. The van der Waals surface area contributed by atoms with Gasteiger partial charge >= 0.3 is 6.09 Å². The van der Waals surface area contributed by atoms with Crippen LogP contribution in [-0.2, 0) is 11.2 Å². The largest absolute Gasteiger partial charge is 0.444 e. The second-order valence-corrected chi connectivity index (χ2v) is 4.97. The molecule has 0 bridgehead atoms. The monoisotopic (exact) mass is 254 g/mol. The van der Waals surface area contributed by atoms with Gasteiger partial charge in [-0.1, -0.05) is 0 Å². The lowest BCUT2D eigenvalue weighted by Crippen LogP contribution is -2.27. The quantitative estimate of drug-likeness (QED) is 0.871. The minimum absolute atomic E-state index is 0.324. The standard InChI is InChI=1S/C13H19FN2O2/c1-13(2,3)18-12(17)16-10-4-5-11(14)9(8-10)6-7-15/h4-5,8H,6-7,15H2,1-3H3,(H,16,17). The summed E-state index contributed by atoms with van der Waals surface area (Å²) < 4.78 is 18.5. The van der Waals surface area contributed by atoms with E-state index in [1.54, 1.807) is 26.8 Å². The number of nitrogens with two attached hydrogens (primary N) is 1. The highest BCUT2D eigenvalue weighted by Crippen LogP contribution is 2.16. The molecule has 3 N–H and O–H groups in total. The van der Waals surface area contributed by atoms with Crippen molar-refractivity contribution in [2.24, 2.45) is 5.73 Å². The maximum Gasteiger partial charge on any atom is 0.412 e. The normalized spacial score (nSPS) is 11.2. The second-order valence-electron chi connectivity index (χ2n) is 4.97. The number of hydrogen-bond acceptors (Lipinski definition) is 3. The van der Waals surface area contributed by atoms with Gasteiger partial charge in [0.05, 0.1) is 0 Å². The highest BCUT2D eigenvalue weighted by Gasteiger charge is 2.16. The molecule has 18 heavy (non-hydrogen) atoms. The van der Waals surface area contributed by atoms with E-state index in [0.29, 0.717) is 24.2 Å². The third-order valence-electron chi connectivity index (χ3n) is 2.10. The molecular weight excluding hydrogens is 235 g/mol. The summed E-state index contributed by atoms with van der Waals surface area (Å²) in [5, 5.41) is 2.56. The topological polar surface area (TPSA) is 64.3 Å². The molecule has 0 saturated heterocycles. The first-order valence-electron chi connectivity index (χ1n) is 5.80. The van der Waals surface area contributed by atoms with E-state index < -0.39 is 11.7 Å². The Labute approximate surface area is 106 Å². The predicted molar refractivity (Wildman–Crippen MR) is 69.0 cm³/mol. The van der Waals surface area contributed by atoms with E-state index in [9.17, 15) is 9.18 Å². The van der Waals surface area contributed by atoms with Crippen LogP contribution in [0.2, 0.25) is 0 Å². The molecule has 4 nitrogen and oxygen atoms in total. The zero-order valence-electron chi connectivity index (χ0n) is 10.9. The van der Waals surface area contributed by atoms with Crippen LogP contribution in [0, 0.1) is 5.82 Å². The lowest BCUT2D eigenvalue weighted by atomic mass is 10.1. The molecule has 5 heteroatoms. The molecule has 0 atom stereocenters. The molecular formula is C13H19FN2O2.